The number of hydrogen-bond acceptors (Lipinski definition) is 2. The average Bonchev–Trinajstić information content (AvgIpc) is 2.26. The summed E-state index contributed by atoms with van der Waals surface area (Å²) in [5, 5.41) is 14.7. The molecule has 1 aromatic carbocycles. The fourth-order valence-corrected chi connectivity index (χ4v) is 2.59. The van der Waals surface area contributed by atoms with Crippen molar-refractivity contribution in [2.45, 2.75) is 31.4 Å². The first-order valence-electron chi connectivity index (χ1n) is 5.57. The molecule has 0 unspecified atom stereocenters. The van der Waals surface area contributed by atoms with Crippen LogP contribution >= 0.6 is 34.8 Å². The summed E-state index contributed by atoms with van der Waals surface area (Å²) in [6.07, 6.45) is 2.81. The predicted molar refractivity (Wildman–Crippen MR) is 72.0 cm³/mol. The van der Waals surface area contributed by atoms with Crippen LogP contribution in [0.15, 0.2) is 12.1 Å². The second-order valence-corrected chi connectivity index (χ2v) is 5.70. The summed E-state index contributed by atoms with van der Waals surface area (Å²) in [7, 11) is 0. The molecule has 0 saturated heterocycles. The molecular formula is C12H14Cl3NO. The smallest absolute Gasteiger partial charge is 0.0771 e. The quantitative estimate of drug-likeness (QED) is 0.831. The van der Waals surface area contributed by atoms with Crippen LogP contribution in [0.25, 0.3) is 0 Å². The van der Waals surface area contributed by atoms with Gasteiger partial charge in [0.05, 0.1) is 15.6 Å². The molecule has 0 aliphatic heterocycles. The Morgan fingerprint density at radius 2 is 1.82 bits per heavy atom. The van der Waals surface area contributed by atoms with E-state index in [9.17, 15) is 5.11 Å². The number of rotatable bonds is 4. The Balaban J connectivity index is 1.96. The normalized spacial score (nSPS) is 17.9. The van der Waals surface area contributed by atoms with Crippen molar-refractivity contribution in [3.63, 3.8) is 0 Å². The maximum Gasteiger partial charge on any atom is 0.0771 e. The molecule has 0 aromatic heterocycles. The van der Waals surface area contributed by atoms with Gasteiger partial charge in [0.25, 0.3) is 0 Å². The first kappa shape index (κ1) is 13.4. The monoisotopic (exact) mass is 293 g/mol. The average molecular weight is 295 g/mol. The zero-order chi connectivity index (χ0) is 12.5. The lowest BCUT2D eigenvalue weighted by Gasteiger charge is -2.36. The molecular weight excluding hydrogens is 280 g/mol. The van der Waals surface area contributed by atoms with Crippen molar-refractivity contribution >= 4 is 34.8 Å². The van der Waals surface area contributed by atoms with Crippen molar-refractivity contribution in [2.24, 2.45) is 0 Å². The molecule has 2 N–H and O–H groups in total. The highest BCUT2D eigenvalue weighted by molar-refractivity contribution is 6.44. The van der Waals surface area contributed by atoms with E-state index in [1.54, 1.807) is 12.1 Å². The number of halogens is 3. The van der Waals surface area contributed by atoms with Crippen LogP contribution in [0.2, 0.25) is 15.1 Å². The largest absolute Gasteiger partial charge is 0.389 e. The van der Waals surface area contributed by atoms with Gasteiger partial charge in [0.2, 0.25) is 0 Å². The van der Waals surface area contributed by atoms with Crippen LogP contribution in [-0.2, 0) is 6.54 Å². The summed E-state index contributed by atoms with van der Waals surface area (Å²) in [5.74, 6) is 0. The Morgan fingerprint density at radius 3 is 2.41 bits per heavy atom. The SMILES string of the molecule is OC1(CNCc2c(Cl)ccc(Cl)c2Cl)CCC1. The van der Waals surface area contributed by atoms with Gasteiger partial charge in [-0.1, -0.05) is 34.8 Å². The highest BCUT2D eigenvalue weighted by atomic mass is 35.5. The second-order valence-electron chi connectivity index (χ2n) is 4.50. The second kappa shape index (κ2) is 5.33. The molecule has 0 bridgehead atoms. The summed E-state index contributed by atoms with van der Waals surface area (Å²) < 4.78 is 0. The zero-order valence-corrected chi connectivity index (χ0v) is 11.5. The van der Waals surface area contributed by atoms with Crippen LogP contribution in [0.1, 0.15) is 24.8 Å². The van der Waals surface area contributed by atoms with E-state index in [0.29, 0.717) is 28.2 Å². The number of nitrogens with one attached hydrogen (secondary N) is 1. The van der Waals surface area contributed by atoms with Gasteiger partial charge in [0.1, 0.15) is 0 Å². The third-order valence-electron chi connectivity index (χ3n) is 3.18. The molecule has 0 spiro atoms. The summed E-state index contributed by atoms with van der Waals surface area (Å²) in [4.78, 5) is 0. The van der Waals surface area contributed by atoms with Gasteiger partial charge in [-0.3, -0.25) is 0 Å². The molecule has 0 radical (unpaired) electrons. The summed E-state index contributed by atoms with van der Waals surface area (Å²) in [6.45, 7) is 1.08. The Hall–Kier alpha value is 0.01000. The summed E-state index contributed by atoms with van der Waals surface area (Å²) >= 11 is 18.1. The van der Waals surface area contributed by atoms with Crippen molar-refractivity contribution in [2.75, 3.05) is 6.54 Å². The Morgan fingerprint density at radius 1 is 1.18 bits per heavy atom. The van der Waals surface area contributed by atoms with Crippen molar-refractivity contribution < 1.29 is 5.11 Å². The van der Waals surface area contributed by atoms with E-state index in [2.05, 4.69) is 5.32 Å². The van der Waals surface area contributed by atoms with Gasteiger partial charge in [0.15, 0.2) is 0 Å². The van der Waals surface area contributed by atoms with Gasteiger partial charge in [-0.05, 0) is 31.4 Å². The van der Waals surface area contributed by atoms with E-state index in [0.717, 1.165) is 24.8 Å². The first-order valence-corrected chi connectivity index (χ1v) is 6.71. The third kappa shape index (κ3) is 3.07. The molecule has 0 atom stereocenters. The van der Waals surface area contributed by atoms with Crippen LogP contribution in [0.5, 0.6) is 0 Å². The van der Waals surface area contributed by atoms with Gasteiger partial charge < -0.3 is 10.4 Å². The van der Waals surface area contributed by atoms with Crippen molar-refractivity contribution in [1.29, 1.82) is 0 Å². The molecule has 1 aromatic rings. The molecule has 2 nitrogen and oxygen atoms in total. The van der Waals surface area contributed by atoms with Crippen LogP contribution in [-0.4, -0.2) is 17.3 Å². The molecule has 1 aliphatic rings. The summed E-state index contributed by atoms with van der Waals surface area (Å²) in [5.41, 5.74) is 0.237. The van der Waals surface area contributed by atoms with Crippen LogP contribution in [0, 0.1) is 0 Å². The number of aliphatic hydroxyl groups is 1. The van der Waals surface area contributed by atoms with Gasteiger partial charge in [-0.25, -0.2) is 0 Å². The van der Waals surface area contributed by atoms with Gasteiger partial charge in [-0.15, -0.1) is 0 Å². The van der Waals surface area contributed by atoms with Crippen LogP contribution < -0.4 is 5.32 Å². The topological polar surface area (TPSA) is 32.3 Å². The summed E-state index contributed by atoms with van der Waals surface area (Å²) in [6, 6.07) is 3.40. The molecule has 17 heavy (non-hydrogen) atoms. The van der Waals surface area contributed by atoms with Gasteiger partial charge >= 0.3 is 0 Å². The minimum atomic E-state index is -0.544. The fraction of sp³-hybridized carbons (Fsp3) is 0.500. The minimum absolute atomic E-state index is 0.479. The lowest BCUT2D eigenvalue weighted by Crippen LogP contribution is -2.46. The van der Waals surface area contributed by atoms with Crippen LogP contribution in [0.4, 0.5) is 0 Å². The van der Waals surface area contributed by atoms with E-state index in [1.165, 1.54) is 0 Å². The maximum atomic E-state index is 9.93. The van der Waals surface area contributed by atoms with E-state index < -0.39 is 5.60 Å². The molecule has 0 heterocycles. The molecule has 2 rings (SSSR count). The lowest BCUT2D eigenvalue weighted by molar-refractivity contribution is -0.0314. The Labute approximate surface area is 116 Å². The van der Waals surface area contributed by atoms with E-state index in [1.807, 2.05) is 0 Å². The first-order chi connectivity index (χ1) is 8.02. The predicted octanol–water partition coefficient (Wildman–Crippen LogP) is 3.65. The Bertz CT molecular complexity index is 418. The van der Waals surface area contributed by atoms with Crippen molar-refractivity contribution in [1.82, 2.24) is 5.32 Å². The molecule has 94 valence electrons. The van der Waals surface area contributed by atoms with Crippen molar-refractivity contribution in [3.8, 4) is 0 Å². The highest BCUT2D eigenvalue weighted by Gasteiger charge is 2.33. The van der Waals surface area contributed by atoms with Crippen molar-refractivity contribution in [3.05, 3.63) is 32.8 Å². The number of hydrogen-bond donors (Lipinski definition) is 2. The number of benzene rings is 1. The molecule has 1 fully saturated rings. The van der Waals surface area contributed by atoms with Gasteiger partial charge in [-0.2, -0.15) is 0 Å². The highest BCUT2D eigenvalue weighted by Crippen LogP contribution is 2.33. The van der Waals surface area contributed by atoms with Gasteiger partial charge in [0, 0.05) is 23.7 Å². The van der Waals surface area contributed by atoms with E-state index in [-0.39, 0.29) is 0 Å². The van der Waals surface area contributed by atoms with Crippen LogP contribution in [0.3, 0.4) is 0 Å². The maximum absolute atomic E-state index is 9.93. The standard InChI is InChI=1S/C12H14Cl3NO/c13-9-2-3-10(14)11(15)8(9)6-16-7-12(17)4-1-5-12/h2-3,16-17H,1,4-7H2. The fourth-order valence-electron chi connectivity index (χ4n) is 1.91. The molecule has 0 amide bonds. The van der Waals surface area contributed by atoms with E-state index in [4.69, 9.17) is 34.8 Å². The molecule has 1 aliphatic carbocycles. The van der Waals surface area contributed by atoms with E-state index >= 15 is 0 Å². The Kier molecular flexibility index (Phi) is 4.22. The molecule has 5 heteroatoms. The minimum Gasteiger partial charge on any atom is -0.389 e. The lowest BCUT2D eigenvalue weighted by atomic mass is 9.80. The zero-order valence-electron chi connectivity index (χ0n) is 9.27. The molecule has 1 saturated carbocycles. The third-order valence-corrected chi connectivity index (χ3v) is 4.38.